The van der Waals surface area contributed by atoms with Crippen LogP contribution in [-0.2, 0) is 27.7 Å². The van der Waals surface area contributed by atoms with Crippen LogP contribution in [0.1, 0.15) is 13.8 Å². The van der Waals surface area contributed by atoms with Gasteiger partial charge in [-0.3, -0.25) is 4.57 Å². The molecule has 0 saturated carbocycles. The third-order valence-corrected chi connectivity index (χ3v) is 4.96. The summed E-state index contributed by atoms with van der Waals surface area (Å²) in [6, 6.07) is 0. The molecule has 1 rings (SSSR count). The van der Waals surface area contributed by atoms with Gasteiger partial charge in [-0.05, 0) is 18.4 Å². The average molecular weight is 287 g/mol. The molecule has 4 atom stereocenters. The van der Waals surface area contributed by atoms with Gasteiger partial charge in [0.25, 0.3) is 5.85 Å². The van der Waals surface area contributed by atoms with E-state index in [1.807, 2.05) is 0 Å². The monoisotopic (exact) mass is 287 g/mol. The van der Waals surface area contributed by atoms with Gasteiger partial charge in [0.15, 0.2) is 0 Å². The predicted octanol–water partition coefficient (Wildman–Crippen LogP) is 1.81. The quantitative estimate of drug-likeness (QED) is 0.582. The van der Waals surface area contributed by atoms with Crippen LogP contribution in [0.3, 0.4) is 0 Å². The third kappa shape index (κ3) is 3.47. The molecule has 1 heterocycles. The Labute approximate surface area is 98.6 Å². The van der Waals surface area contributed by atoms with E-state index in [0.29, 0.717) is 0 Å². The van der Waals surface area contributed by atoms with Crippen LogP contribution in [0, 0.1) is 0 Å². The Hall–Kier alpha value is -0.520. The van der Waals surface area contributed by atoms with E-state index in [9.17, 15) is 18.8 Å². The minimum Gasteiger partial charge on any atom is -0.409 e. The largest absolute Gasteiger partial charge is 0.558 e. The van der Waals surface area contributed by atoms with Crippen molar-refractivity contribution in [2.75, 3.05) is 13.2 Å². The first-order valence-electron chi connectivity index (χ1n) is 4.86. The van der Waals surface area contributed by atoms with Crippen molar-refractivity contribution >= 4 is 21.8 Å². The van der Waals surface area contributed by atoms with E-state index in [2.05, 4.69) is 14.0 Å². The van der Waals surface area contributed by atoms with Gasteiger partial charge in [-0.15, -0.1) is 4.52 Å². The SMILES string of the molecule is CCO[P+](=O)C1OC(=O)OC1P(=O)(O)OCC. The Morgan fingerprint density at radius 3 is 2.59 bits per heavy atom. The summed E-state index contributed by atoms with van der Waals surface area (Å²) in [5.41, 5.74) is 0. The fraction of sp³-hybridized carbons (Fsp3) is 0.857. The lowest BCUT2D eigenvalue weighted by molar-refractivity contribution is 0.120. The molecule has 0 spiro atoms. The summed E-state index contributed by atoms with van der Waals surface area (Å²) < 4.78 is 41.6. The van der Waals surface area contributed by atoms with Crippen LogP contribution >= 0.6 is 15.6 Å². The first-order valence-corrected chi connectivity index (χ1v) is 7.75. The molecular formula is C7H13O8P2+. The molecule has 0 bridgehead atoms. The van der Waals surface area contributed by atoms with Crippen LogP contribution in [0.4, 0.5) is 4.79 Å². The molecule has 0 aromatic heterocycles. The molecule has 98 valence electrons. The molecular weight excluding hydrogens is 274 g/mol. The number of hydrogen-bond donors (Lipinski definition) is 1. The first kappa shape index (κ1) is 14.5. The molecule has 1 aliphatic heterocycles. The Bertz CT molecular complexity index is 356. The Balaban J connectivity index is 2.85. The maximum absolute atomic E-state index is 11.7. The predicted molar refractivity (Wildman–Crippen MR) is 55.8 cm³/mol. The molecule has 1 N–H and O–H groups in total. The summed E-state index contributed by atoms with van der Waals surface area (Å²) in [6.07, 6.45) is -1.17. The minimum atomic E-state index is -4.24. The topological polar surface area (TPSA) is 108 Å². The number of carbonyl (C=O) groups is 1. The van der Waals surface area contributed by atoms with Crippen molar-refractivity contribution < 1.29 is 37.3 Å². The highest BCUT2D eigenvalue weighted by Gasteiger charge is 2.60. The van der Waals surface area contributed by atoms with Gasteiger partial charge in [0.05, 0.1) is 13.2 Å². The molecule has 8 nitrogen and oxygen atoms in total. The van der Waals surface area contributed by atoms with Gasteiger partial charge in [0.1, 0.15) is 0 Å². The van der Waals surface area contributed by atoms with E-state index in [0.717, 1.165) is 0 Å². The molecule has 0 radical (unpaired) electrons. The summed E-state index contributed by atoms with van der Waals surface area (Å²) in [7, 11) is -6.70. The van der Waals surface area contributed by atoms with Crippen LogP contribution < -0.4 is 0 Å². The lowest BCUT2D eigenvalue weighted by Gasteiger charge is -2.14. The molecule has 1 aliphatic rings. The molecule has 0 amide bonds. The minimum absolute atomic E-state index is 0.0556. The second-order valence-electron chi connectivity index (χ2n) is 2.95. The van der Waals surface area contributed by atoms with Gasteiger partial charge >= 0.3 is 27.6 Å². The summed E-state index contributed by atoms with van der Waals surface area (Å²) in [4.78, 5) is 20.4. The standard InChI is InChI=1S/C7H12O8P2/c1-3-12-16(9)5-6(15-7(8)14-5)17(10,11)13-4-2/h5-6H,3-4H2,1-2H3/p+1. The van der Waals surface area contributed by atoms with Gasteiger partial charge in [-0.25, -0.2) is 4.79 Å². The van der Waals surface area contributed by atoms with E-state index >= 15 is 0 Å². The molecule has 17 heavy (non-hydrogen) atoms. The van der Waals surface area contributed by atoms with Gasteiger partial charge in [0, 0.05) is 0 Å². The van der Waals surface area contributed by atoms with Crippen LogP contribution in [0.2, 0.25) is 0 Å². The number of ether oxygens (including phenoxy) is 2. The number of cyclic esters (lactones) is 2. The fourth-order valence-electron chi connectivity index (χ4n) is 1.18. The zero-order chi connectivity index (χ0) is 13.1. The molecule has 4 unspecified atom stereocenters. The average Bonchev–Trinajstić information content (AvgIpc) is 2.61. The Kier molecular flexibility index (Phi) is 5.04. The van der Waals surface area contributed by atoms with Gasteiger partial charge in [0.2, 0.25) is 0 Å². The highest BCUT2D eigenvalue weighted by molar-refractivity contribution is 7.54. The van der Waals surface area contributed by atoms with E-state index in [4.69, 9.17) is 4.52 Å². The molecule has 0 aromatic carbocycles. The molecule has 0 aliphatic carbocycles. The smallest absolute Gasteiger partial charge is 0.409 e. The van der Waals surface area contributed by atoms with Crippen LogP contribution in [0.5, 0.6) is 0 Å². The Morgan fingerprint density at radius 1 is 1.41 bits per heavy atom. The van der Waals surface area contributed by atoms with Gasteiger partial charge in [-0.2, -0.15) is 0 Å². The van der Waals surface area contributed by atoms with Crippen molar-refractivity contribution in [2.24, 2.45) is 0 Å². The number of hydrogen-bond acceptors (Lipinski definition) is 7. The van der Waals surface area contributed by atoms with E-state index in [1.54, 1.807) is 6.92 Å². The summed E-state index contributed by atoms with van der Waals surface area (Å²) in [5.74, 6) is -3.05. The summed E-state index contributed by atoms with van der Waals surface area (Å²) >= 11 is 0. The van der Waals surface area contributed by atoms with Gasteiger partial charge < -0.3 is 18.9 Å². The van der Waals surface area contributed by atoms with Crippen molar-refractivity contribution in [1.29, 1.82) is 0 Å². The first-order chi connectivity index (χ1) is 7.92. The van der Waals surface area contributed by atoms with Crippen LogP contribution in [-0.4, -0.2) is 36.0 Å². The molecule has 1 saturated heterocycles. The maximum atomic E-state index is 11.7. The van der Waals surface area contributed by atoms with Crippen molar-refractivity contribution in [3.63, 3.8) is 0 Å². The molecule has 10 heteroatoms. The van der Waals surface area contributed by atoms with E-state index < -0.39 is 33.5 Å². The van der Waals surface area contributed by atoms with E-state index in [1.165, 1.54) is 6.92 Å². The summed E-state index contributed by atoms with van der Waals surface area (Å²) in [5, 5.41) is 0. The van der Waals surface area contributed by atoms with E-state index in [-0.39, 0.29) is 13.2 Å². The molecule has 1 fully saturated rings. The second-order valence-corrected chi connectivity index (χ2v) is 6.19. The van der Waals surface area contributed by atoms with Crippen molar-refractivity contribution in [2.45, 2.75) is 25.5 Å². The van der Waals surface area contributed by atoms with Crippen molar-refractivity contribution in [3.05, 3.63) is 0 Å². The highest BCUT2D eigenvalue weighted by Crippen LogP contribution is 2.56. The highest BCUT2D eigenvalue weighted by atomic mass is 31.2. The van der Waals surface area contributed by atoms with Crippen molar-refractivity contribution in [1.82, 2.24) is 0 Å². The normalized spacial score (nSPS) is 28.2. The third-order valence-electron chi connectivity index (χ3n) is 1.78. The Morgan fingerprint density at radius 2 is 2.06 bits per heavy atom. The number of carbonyl (C=O) groups excluding carboxylic acids is 1. The van der Waals surface area contributed by atoms with Crippen LogP contribution in [0.15, 0.2) is 0 Å². The lowest BCUT2D eigenvalue weighted by Crippen LogP contribution is -2.21. The van der Waals surface area contributed by atoms with Gasteiger partial charge in [-0.1, -0.05) is 0 Å². The fourth-order valence-corrected chi connectivity index (χ4v) is 3.97. The summed E-state index contributed by atoms with van der Waals surface area (Å²) in [6.45, 7) is 3.14. The lowest BCUT2D eigenvalue weighted by atomic mass is 10.8. The second kappa shape index (κ2) is 5.89. The number of rotatable bonds is 6. The van der Waals surface area contributed by atoms with Crippen LogP contribution in [0.25, 0.3) is 0 Å². The molecule has 0 aromatic rings. The zero-order valence-electron chi connectivity index (χ0n) is 9.27. The van der Waals surface area contributed by atoms with Crippen molar-refractivity contribution in [3.8, 4) is 0 Å². The zero-order valence-corrected chi connectivity index (χ0v) is 11.1. The maximum Gasteiger partial charge on any atom is 0.558 e.